The molecule has 0 bridgehead atoms. The molecule has 1 aliphatic heterocycles. The van der Waals surface area contributed by atoms with Gasteiger partial charge >= 0.3 is 0 Å². The molecule has 0 aromatic rings. The second-order valence-corrected chi connectivity index (χ2v) is 7.28. The molecule has 0 atom stereocenters. The first-order chi connectivity index (χ1) is 10.1. The zero-order valence-electron chi connectivity index (χ0n) is 14.8. The highest BCUT2D eigenvalue weighted by atomic mass is 15.2. The number of hydrogen-bond acceptors (Lipinski definition) is 2. The van der Waals surface area contributed by atoms with Crippen LogP contribution < -0.4 is 0 Å². The second-order valence-electron chi connectivity index (χ2n) is 7.28. The maximum absolute atomic E-state index is 4.36. The average molecular weight is 293 g/mol. The molecule has 0 fully saturated rings. The van der Waals surface area contributed by atoms with Crippen LogP contribution in [0.3, 0.4) is 0 Å². The fraction of sp³-hybridized carbons (Fsp3) is 0.842. The van der Waals surface area contributed by atoms with Crippen LogP contribution in [0.1, 0.15) is 79.1 Å². The molecule has 0 saturated heterocycles. The first kappa shape index (κ1) is 18.3. The first-order valence-electron chi connectivity index (χ1n) is 9.05. The summed E-state index contributed by atoms with van der Waals surface area (Å²) < 4.78 is 0. The summed E-state index contributed by atoms with van der Waals surface area (Å²) in [6.45, 7) is 11.5. The molecular weight excluding hydrogens is 256 g/mol. The number of allylic oxidation sites excluding steroid dienone is 1. The number of aliphatic imine (C=N–C) groups is 1. The van der Waals surface area contributed by atoms with E-state index in [1.165, 1.54) is 63.6 Å². The van der Waals surface area contributed by atoms with Crippen LogP contribution in [0.5, 0.6) is 0 Å². The van der Waals surface area contributed by atoms with Gasteiger partial charge in [0.25, 0.3) is 0 Å². The van der Waals surface area contributed by atoms with E-state index in [-0.39, 0.29) is 0 Å². The zero-order valence-corrected chi connectivity index (χ0v) is 14.8. The first-order valence-corrected chi connectivity index (χ1v) is 9.05. The van der Waals surface area contributed by atoms with Crippen molar-refractivity contribution in [2.75, 3.05) is 13.1 Å². The molecule has 0 radical (unpaired) electrons. The summed E-state index contributed by atoms with van der Waals surface area (Å²) in [6, 6.07) is 0. The summed E-state index contributed by atoms with van der Waals surface area (Å²) in [5, 5.41) is 0. The average Bonchev–Trinajstić information content (AvgIpc) is 2.44. The molecule has 0 saturated carbocycles. The Morgan fingerprint density at radius 3 is 2.29 bits per heavy atom. The minimum absolute atomic E-state index is 0.834. The van der Waals surface area contributed by atoms with Crippen LogP contribution in [0, 0.1) is 11.8 Å². The standard InChI is InChI=1S/C19H36N2/c1-17(2)10-6-5-9-14-21-15-13-20-16-19(21)12-8-7-11-18(3)4/h13,16-18H,5-12,14-15H2,1-4H3. The van der Waals surface area contributed by atoms with E-state index in [0.717, 1.165) is 18.4 Å². The van der Waals surface area contributed by atoms with Gasteiger partial charge in [-0.05, 0) is 31.1 Å². The van der Waals surface area contributed by atoms with E-state index in [1.807, 2.05) is 6.21 Å². The van der Waals surface area contributed by atoms with Crippen molar-refractivity contribution < 1.29 is 0 Å². The summed E-state index contributed by atoms with van der Waals surface area (Å²) in [6.07, 6.45) is 14.8. The summed E-state index contributed by atoms with van der Waals surface area (Å²) in [5.74, 6) is 1.68. The second kappa shape index (κ2) is 10.9. The molecular formula is C19H36N2. The van der Waals surface area contributed by atoms with Crippen LogP contribution in [0.15, 0.2) is 16.9 Å². The molecule has 122 valence electrons. The Morgan fingerprint density at radius 1 is 0.952 bits per heavy atom. The van der Waals surface area contributed by atoms with E-state index in [4.69, 9.17) is 0 Å². The van der Waals surface area contributed by atoms with Gasteiger partial charge in [-0.3, -0.25) is 4.99 Å². The minimum Gasteiger partial charge on any atom is -0.368 e. The summed E-state index contributed by atoms with van der Waals surface area (Å²) >= 11 is 0. The van der Waals surface area contributed by atoms with E-state index < -0.39 is 0 Å². The quantitative estimate of drug-likeness (QED) is 0.449. The van der Waals surface area contributed by atoms with Gasteiger partial charge in [-0.1, -0.05) is 59.8 Å². The molecule has 2 nitrogen and oxygen atoms in total. The van der Waals surface area contributed by atoms with Crippen molar-refractivity contribution in [3.63, 3.8) is 0 Å². The van der Waals surface area contributed by atoms with Gasteiger partial charge in [0.2, 0.25) is 0 Å². The van der Waals surface area contributed by atoms with Crippen molar-refractivity contribution >= 4 is 6.21 Å². The lowest BCUT2D eigenvalue weighted by Gasteiger charge is -2.28. The molecule has 0 spiro atoms. The van der Waals surface area contributed by atoms with Gasteiger partial charge in [-0.15, -0.1) is 0 Å². The SMILES string of the molecule is CC(C)CCCCCN1CC=NC=C1CCCCC(C)C. The third-order valence-corrected chi connectivity index (χ3v) is 4.21. The third kappa shape index (κ3) is 8.95. The Morgan fingerprint density at radius 2 is 1.62 bits per heavy atom. The van der Waals surface area contributed by atoms with Crippen molar-refractivity contribution in [2.45, 2.75) is 79.1 Å². The lowest BCUT2D eigenvalue weighted by molar-refractivity contribution is 0.351. The van der Waals surface area contributed by atoms with Gasteiger partial charge in [-0.25, -0.2) is 0 Å². The summed E-state index contributed by atoms with van der Waals surface area (Å²) in [5.41, 5.74) is 1.46. The van der Waals surface area contributed by atoms with Crippen LogP contribution in [0.25, 0.3) is 0 Å². The van der Waals surface area contributed by atoms with Crippen LogP contribution in [-0.2, 0) is 0 Å². The lowest BCUT2D eigenvalue weighted by Crippen LogP contribution is -2.28. The summed E-state index contributed by atoms with van der Waals surface area (Å²) in [7, 11) is 0. The highest BCUT2D eigenvalue weighted by Gasteiger charge is 2.11. The predicted octanol–water partition coefficient (Wildman–Crippen LogP) is 5.65. The van der Waals surface area contributed by atoms with Crippen LogP contribution in [-0.4, -0.2) is 24.2 Å². The number of nitrogens with zero attached hydrogens (tertiary/aromatic N) is 2. The lowest BCUT2D eigenvalue weighted by atomic mass is 10.0. The van der Waals surface area contributed by atoms with Gasteiger partial charge in [0.1, 0.15) is 0 Å². The Bertz CT molecular complexity index is 316. The van der Waals surface area contributed by atoms with Crippen molar-refractivity contribution in [1.82, 2.24) is 4.90 Å². The molecule has 2 heteroatoms. The normalized spacial score (nSPS) is 15.1. The molecule has 1 aliphatic rings. The number of rotatable bonds is 11. The fourth-order valence-electron chi connectivity index (χ4n) is 2.83. The molecule has 0 unspecified atom stereocenters. The molecule has 21 heavy (non-hydrogen) atoms. The van der Waals surface area contributed by atoms with Crippen molar-refractivity contribution in [3.8, 4) is 0 Å². The molecule has 0 N–H and O–H groups in total. The topological polar surface area (TPSA) is 15.6 Å². The van der Waals surface area contributed by atoms with Crippen molar-refractivity contribution in [3.05, 3.63) is 11.9 Å². The third-order valence-electron chi connectivity index (χ3n) is 4.21. The molecule has 0 aliphatic carbocycles. The molecule has 0 aromatic heterocycles. The van der Waals surface area contributed by atoms with Crippen LogP contribution in [0.4, 0.5) is 0 Å². The highest BCUT2D eigenvalue weighted by molar-refractivity contribution is 5.62. The summed E-state index contributed by atoms with van der Waals surface area (Å²) in [4.78, 5) is 6.90. The zero-order chi connectivity index (χ0) is 15.5. The molecule has 0 amide bonds. The van der Waals surface area contributed by atoms with Gasteiger partial charge in [0.15, 0.2) is 0 Å². The van der Waals surface area contributed by atoms with E-state index >= 15 is 0 Å². The largest absolute Gasteiger partial charge is 0.368 e. The van der Waals surface area contributed by atoms with Crippen molar-refractivity contribution in [2.24, 2.45) is 16.8 Å². The Balaban J connectivity index is 2.19. The molecule has 1 heterocycles. The minimum atomic E-state index is 0.834. The Hall–Kier alpha value is -0.790. The molecule has 0 aromatic carbocycles. The van der Waals surface area contributed by atoms with E-state index in [1.54, 1.807) is 0 Å². The maximum Gasteiger partial charge on any atom is 0.0529 e. The number of unbranched alkanes of at least 4 members (excludes halogenated alkanes) is 3. The van der Waals surface area contributed by atoms with Gasteiger partial charge < -0.3 is 4.90 Å². The fourth-order valence-corrected chi connectivity index (χ4v) is 2.83. The smallest absolute Gasteiger partial charge is 0.0529 e. The maximum atomic E-state index is 4.36. The van der Waals surface area contributed by atoms with Gasteiger partial charge in [0.05, 0.1) is 6.54 Å². The monoisotopic (exact) mass is 292 g/mol. The van der Waals surface area contributed by atoms with E-state index in [0.29, 0.717) is 0 Å². The van der Waals surface area contributed by atoms with Gasteiger partial charge in [-0.2, -0.15) is 0 Å². The van der Waals surface area contributed by atoms with Crippen molar-refractivity contribution in [1.29, 1.82) is 0 Å². The van der Waals surface area contributed by atoms with E-state index in [2.05, 4.69) is 43.8 Å². The highest BCUT2D eigenvalue weighted by Crippen LogP contribution is 2.19. The van der Waals surface area contributed by atoms with Crippen LogP contribution >= 0.6 is 0 Å². The predicted molar refractivity (Wildman–Crippen MR) is 94.8 cm³/mol. The Kier molecular flexibility index (Phi) is 9.45. The number of hydrogen-bond donors (Lipinski definition) is 0. The molecule has 1 rings (SSSR count). The van der Waals surface area contributed by atoms with E-state index in [9.17, 15) is 0 Å². The van der Waals surface area contributed by atoms with Gasteiger partial charge in [0, 0.05) is 24.7 Å². The van der Waals surface area contributed by atoms with Crippen LogP contribution in [0.2, 0.25) is 0 Å². The Labute approximate surface area is 132 Å².